The Bertz CT molecular complexity index is 490. The standard InChI is InChI=1S/C9H7N3O3/c10-9-5-8(11-15-9)6-1-3-7(4-2-6)12(13)14/h1-5H,10H2. The molecule has 0 bridgehead atoms. The summed E-state index contributed by atoms with van der Waals surface area (Å²) in [6.45, 7) is 0. The molecule has 0 aliphatic heterocycles. The first-order valence-electron chi connectivity index (χ1n) is 4.14. The molecule has 0 unspecified atom stereocenters. The molecule has 0 saturated heterocycles. The molecule has 2 N–H and O–H groups in total. The number of benzene rings is 1. The summed E-state index contributed by atoms with van der Waals surface area (Å²) in [5.41, 5.74) is 6.67. The molecule has 0 fully saturated rings. The van der Waals surface area contributed by atoms with Gasteiger partial charge >= 0.3 is 0 Å². The molecule has 2 aromatic rings. The summed E-state index contributed by atoms with van der Waals surface area (Å²) in [5.74, 6) is 0.211. The Morgan fingerprint density at radius 3 is 2.47 bits per heavy atom. The lowest BCUT2D eigenvalue weighted by atomic mass is 10.1. The molecule has 1 aromatic heterocycles. The van der Waals surface area contributed by atoms with Crippen LogP contribution in [0.4, 0.5) is 11.6 Å². The second kappa shape index (κ2) is 3.41. The largest absolute Gasteiger partial charge is 0.368 e. The molecule has 0 saturated carbocycles. The Morgan fingerprint density at radius 2 is 2.00 bits per heavy atom. The molecule has 0 aliphatic rings. The van der Waals surface area contributed by atoms with Crippen LogP contribution in [-0.2, 0) is 0 Å². The van der Waals surface area contributed by atoms with E-state index < -0.39 is 4.92 Å². The van der Waals surface area contributed by atoms with E-state index >= 15 is 0 Å². The maximum absolute atomic E-state index is 10.4. The Labute approximate surface area is 84.4 Å². The highest BCUT2D eigenvalue weighted by molar-refractivity contribution is 5.62. The summed E-state index contributed by atoms with van der Waals surface area (Å²) in [5, 5.41) is 14.1. The van der Waals surface area contributed by atoms with Crippen molar-refractivity contribution in [2.24, 2.45) is 0 Å². The van der Waals surface area contributed by atoms with Crippen molar-refractivity contribution in [1.29, 1.82) is 0 Å². The topological polar surface area (TPSA) is 95.2 Å². The molecule has 0 atom stereocenters. The van der Waals surface area contributed by atoms with E-state index in [9.17, 15) is 10.1 Å². The fourth-order valence-electron chi connectivity index (χ4n) is 1.18. The fourth-order valence-corrected chi connectivity index (χ4v) is 1.18. The molecular formula is C9H7N3O3. The van der Waals surface area contributed by atoms with Crippen molar-refractivity contribution in [3.05, 3.63) is 40.4 Å². The van der Waals surface area contributed by atoms with Gasteiger partial charge in [0.15, 0.2) is 0 Å². The van der Waals surface area contributed by atoms with E-state index in [1.54, 1.807) is 18.2 Å². The molecule has 2 rings (SSSR count). The van der Waals surface area contributed by atoms with Crippen molar-refractivity contribution in [3.8, 4) is 11.3 Å². The minimum absolute atomic E-state index is 0.0372. The SMILES string of the molecule is Nc1cc(-c2ccc([N+](=O)[O-])cc2)no1. The Kier molecular flexibility index (Phi) is 2.09. The minimum atomic E-state index is -0.457. The van der Waals surface area contributed by atoms with Gasteiger partial charge in [-0.05, 0) is 12.1 Å². The van der Waals surface area contributed by atoms with E-state index in [1.165, 1.54) is 12.1 Å². The minimum Gasteiger partial charge on any atom is -0.368 e. The van der Waals surface area contributed by atoms with Crippen LogP contribution in [-0.4, -0.2) is 10.1 Å². The van der Waals surface area contributed by atoms with Crippen LogP contribution in [0.1, 0.15) is 0 Å². The predicted octanol–water partition coefficient (Wildman–Crippen LogP) is 1.83. The van der Waals surface area contributed by atoms with Gasteiger partial charge < -0.3 is 10.3 Å². The van der Waals surface area contributed by atoms with E-state index in [4.69, 9.17) is 10.3 Å². The van der Waals surface area contributed by atoms with Gasteiger partial charge in [0.05, 0.1) is 4.92 Å². The first kappa shape index (κ1) is 9.20. The molecule has 0 spiro atoms. The van der Waals surface area contributed by atoms with Crippen LogP contribution >= 0.6 is 0 Å². The number of hydrogen-bond acceptors (Lipinski definition) is 5. The van der Waals surface area contributed by atoms with Crippen molar-refractivity contribution in [1.82, 2.24) is 5.16 Å². The second-order valence-corrected chi connectivity index (χ2v) is 2.92. The smallest absolute Gasteiger partial charge is 0.269 e. The normalized spacial score (nSPS) is 10.1. The van der Waals surface area contributed by atoms with Gasteiger partial charge in [0.1, 0.15) is 5.69 Å². The van der Waals surface area contributed by atoms with E-state index in [2.05, 4.69) is 5.16 Å². The van der Waals surface area contributed by atoms with Crippen LogP contribution in [0.15, 0.2) is 34.9 Å². The number of nitrogen functional groups attached to an aromatic ring is 1. The number of nitro groups is 1. The molecule has 6 heteroatoms. The van der Waals surface area contributed by atoms with Gasteiger partial charge in [-0.1, -0.05) is 5.16 Å². The average molecular weight is 205 g/mol. The van der Waals surface area contributed by atoms with E-state index in [-0.39, 0.29) is 11.6 Å². The lowest BCUT2D eigenvalue weighted by molar-refractivity contribution is -0.384. The molecule has 76 valence electrons. The van der Waals surface area contributed by atoms with Crippen molar-refractivity contribution >= 4 is 11.6 Å². The zero-order chi connectivity index (χ0) is 10.8. The maximum Gasteiger partial charge on any atom is 0.269 e. The third-order valence-electron chi connectivity index (χ3n) is 1.90. The quantitative estimate of drug-likeness (QED) is 0.596. The summed E-state index contributed by atoms with van der Waals surface area (Å²) >= 11 is 0. The first-order valence-corrected chi connectivity index (χ1v) is 4.14. The van der Waals surface area contributed by atoms with Crippen molar-refractivity contribution in [2.75, 3.05) is 5.73 Å². The highest BCUT2D eigenvalue weighted by Gasteiger charge is 2.07. The number of non-ortho nitro benzene ring substituents is 1. The van der Waals surface area contributed by atoms with Crippen LogP contribution in [0, 0.1) is 10.1 Å². The van der Waals surface area contributed by atoms with Gasteiger partial charge in [-0.15, -0.1) is 0 Å². The Balaban J connectivity index is 2.35. The van der Waals surface area contributed by atoms with Gasteiger partial charge in [-0.3, -0.25) is 10.1 Å². The van der Waals surface area contributed by atoms with E-state index in [0.717, 1.165) is 5.56 Å². The highest BCUT2D eigenvalue weighted by atomic mass is 16.6. The molecule has 0 amide bonds. The Morgan fingerprint density at radius 1 is 1.33 bits per heavy atom. The maximum atomic E-state index is 10.4. The van der Waals surface area contributed by atoms with Crippen LogP contribution in [0.5, 0.6) is 0 Å². The van der Waals surface area contributed by atoms with Crippen molar-refractivity contribution in [2.45, 2.75) is 0 Å². The third kappa shape index (κ3) is 1.78. The third-order valence-corrected chi connectivity index (χ3v) is 1.90. The monoisotopic (exact) mass is 205 g/mol. The highest BCUT2D eigenvalue weighted by Crippen LogP contribution is 2.22. The fraction of sp³-hybridized carbons (Fsp3) is 0. The van der Waals surface area contributed by atoms with Crippen molar-refractivity contribution < 1.29 is 9.45 Å². The van der Waals surface area contributed by atoms with Gasteiger partial charge in [0.2, 0.25) is 5.88 Å². The lowest BCUT2D eigenvalue weighted by Gasteiger charge is -1.94. The summed E-state index contributed by atoms with van der Waals surface area (Å²) in [6, 6.07) is 7.55. The van der Waals surface area contributed by atoms with Crippen LogP contribution in [0.25, 0.3) is 11.3 Å². The summed E-state index contributed by atoms with van der Waals surface area (Å²) in [4.78, 5) is 9.95. The van der Waals surface area contributed by atoms with Gasteiger partial charge in [0.25, 0.3) is 5.69 Å². The number of nitrogens with zero attached hydrogens (tertiary/aromatic N) is 2. The van der Waals surface area contributed by atoms with Crippen molar-refractivity contribution in [3.63, 3.8) is 0 Å². The van der Waals surface area contributed by atoms with Crippen LogP contribution in [0.3, 0.4) is 0 Å². The molecular weight excluding hydrogens is 198 g/mol. The molecule has 0 aliphatic carbocycles. The van der Waals surface area contributed by atoms with Gasteiger partial charge in [0, 0.05) is 23.8 Å². The number of nitrogens with two attached hydrogens (primary N) is 1. The first-order chi connectivity index (χ1) is 7.16. The summed E-state index contributed by atoms with van der Waals surface area (Å²) < 4.78 is 4.69. The van der Waals surface area contributed by atoms with E-state index in [1.807, 2.05) is 0 Å². The number of rotatable bonds is 2. The van der Waals surface area contributed by atoms with Gasteiger partial charge in [-0.2, -0.15) is 0 Å². The van der Waals surface area contributed by atoms with Gasteiger partial charge in [-0.25, -0.2) is 0 Å². The zero-order valence-electron chi connectivity index (χ0n) is 7.58. The molecule has 0 radical (unpaired) electrons. The Hall–Kier alpha value is -2.37. The predicted molar refractivity (Wildman–Crippen MR) is 53.0 cm³/mol. The van der Waals surface area contributed by atoms with Crippen LogP contribution < -0.4 is 5.73 Å². The average Bonchev–Trinajstić information content (AvgIpc) is 2.65. The number of hydrogen-bond donors (Lipinski definition) is 1. The zero-order valence-corrected chi connectivity index (χ0v) is 7.58. The molecule has 1 heterocycles. The summed E-state index contributed by atoms with van der Waals surface area (Å²) in [7, 11) is 0. The molecule has 1 aromatic carbocycles. The molecule has 15 heavy (non-hydrogen) atoms. The summed E-state index contributed by atoms with van der Waals surface area (Å²) in [6.07, 6.45) is 0. The van der Waals surface area contributed by atoms with Crippen LogP contribution in [0.2, 0.25) is 0 Å². The molecule has 6 nitrogen and oxygen atoms in total. The lowest BCUT2D eigenvalue weighted by Crippen LogP contribution is -1.87. The van der Waals surface area contributed by atoms with E-state index in [0.29, 0.717) is 5.69 Å². The number of nitro benzene ring substituents is 1. The number of aromatic nitrogens is 1. The second-order valence-electron chi connectivity index (χ2n) is 2.92. The number of anilines is 1.